The van der Waals surface area contributed by atoms with E-state index >= 15 is 0 Å². The average molecular weight is 432 g/mol. The van der Waals surface area contributed by atoms with Gasteiger partial charge in [0.1, 0.15) is 18.1 Å². The lowest BCUT2D eigenvalue weighted by atomic mass is 10.1. The van der Waals surface area contributed by atoms with E-state index in [4.69, 9.17) is 14.2 Å². The Kier molecular flexibility index (Phi) is 5.35. The van der Waals surface area contributed by atoms with Crippen LogP contribution < -0.4 is 19.5 Å². The Hall–Kier alpha value is -4.22. The molecule has 2 aromatic carbocycles. The van der Waals surface area contributed by atoms with E-state index in [2.05, 4.69) is 15.5 Å². The number of aromatic amines is 1. The number of nitrogens with one attached hydrogen (secondary N) is 2. The van der Waals surface area contributed by atoms with Gasteiger partial charge >= 0.3 is 0 Å². The van der Waals surface area contributed by atoms with Crippen LogP contribution in [0.15, 0.2) is 42.5 Å². The van der Waals surface area contributed by atoms with Crippen molar-refractivity contribution in [3.8, 4) is 28.5 Å². The number of carbonyl (C=O) groups is 1. The predicted molar refractivity (Wildman–Crippen MR) is 103 cm³/mol. The first-order valence-corrected chi connectivity index (χ1v) is 8.86. The minimum absolute atomic E-state index is 0.00250. The fraction of sp³-hybridized carbons (Fsp3) is 0.158. The highest BCUT2D eigenvalue weighted by Crippen LogP contribution is 2.35. The van der Waals surface area contributed by atoms with Gasteiger partial charge in [-0.15, -0.1) is 0 Å². The molecule has 1 aliphatic heterocycles. The second kappa shape index (κ2) is 8.26. The number of nitro groups is 1. The number of carbonyl (C=O) groups excluding carboxylic acids is 1. The van der Waals surface area contributed by atoms with Crippen LogP contribution in [0.2, 0.25) is 0 Å². The van der Waals surface area contributed by atoms with Crippen LogP contribution in [0.5, 0.6) is 17.2 Å². The summed E-state index contributed by atoms with van der Waals surface area (Å²) < 4.78 is 40.2. The highest BCUT2D eigenvalue weighted by molar-refractivity contribution is 6.03. The minimum Gasteiger partial charge on any atom is -0.487 e. The van der Waals surface area contributed by atoms with Crippen molar-refractivity contribution in [2.45, 2.75) is 6.43 Å². The number of rotatable bonds is 7. The first-order chi connectivity index (χ1) is 14.9. The Morgan fingerprint density at radius 2 is 2.03 bits per heavy atom. The van der Waals surface area contributed by atoms with E-state index in [0.717, 1.165) is 12.1 Å². The molecule has 1 aromatic heterocycles. The number of ether oxygens (including phenoxy) is 3. The van der Waals surface area contributed by atoms with Gasteiger partial charge in [-0.25, -0.2) is 8.78 Å². The topological polar surface area (TPSA) is 129 Å². The van der Waals surface area contributed by atoms with E-state index in [1.807, 2.05) is 0 Å². The van der Waals surface area contributed by atoms with Gasteiger partial charge in [0.2, 0.25) is 6.79 Å². The number of non-ortho nitro benzene ring substituents is 1. The highest BCUT2D eigenvalue weighted by Gasteiger charge is 2.18. The number of nitro benzene ring substituents is 1. The molecule has 2 heterocycles. The molecule has 0 spiro atoms. The highest BCUT2D eigenvalue weighted by atomic mass is 19.3. The van der Waals surface area contributed by atoms with Crippen molar-refractivity contribution in [3.05, 3.63) is 58.3 Å². The number of hydrogen-bond donors (Lipinski definition) is 2. The molecule has 12 heteroatoms. The maximum atomic E-state index is 12.5. The Bertz CT molecular complexity index is 1150. The second-order valence-electron chi connectivity index (χ2n) is 6.36. The third-order valence-electron chi connectivity index (χ3n) is 4.23. The maximum Gasteiger partial charge on any atom is 0.275 e. The minimum atomic E-state index is -2.75. The van der Waals surface area contributed by atoms with Crippen LogP contribution in [-0.4, -0.2) is 40.9 Å². The first-order valence-electron chi connectivity index (χ1n) is 8.86. The van der Waals surface area contributed by atoms with Crippen molar-refractivity contribution >= 4 is 17.3 Å². The summed E-state index contributed by atoms with van der Waals surface area (Å²) in [4.78, 5) is 22.9. The molecule has 0 atom stereocenters. The lowest BCUT2D eigenvalue weighted by Crippen LogP contribution is -2.13. The summed E-state index contributed by atoms with van der Waals surface area (Å²) in [6.45, 7) is -0.812. The molecule has 2 N–H and O–H groups in total. The molecular weight excluding hydrogens is 418 g/mol. The fourth-order valence-corrected chi connectivity index (χ4v) is 2.84. The maximum absolute atomic E-state index is 12.5. The van der Waals surface area contributed by atoms with Crippen molar-refractivity contribution in [1.82, 2.24) is 10.2 Å². The Morgan fingerprint density at radius 3 is 2.81 bits per heavy atom. The van der Waals surface area contributed by atoms with Crippen LogP contribution >= 0.6 is 0 Å². The van der Waals surface area contributed by atoms with Gasteiger partial charge in [-0.05, 0) is 24.3 Å². The van der Waals surface area contributed by atoms with Crippen molar-refractivity contribution in [2.24, 2.45) is 0 Å². The smallest absolute Gasteiger partial charge is 0.275 e. The van der Waals surface area contributed by atoms with Crippen molar-refractivity contribution < 1.29 is 32.7 Å². The molecule has 0 unspecified atom stereocenters. The van der Waals surface area contributed by atoms with Crippen LogP contribution in [0.4, 0.5) is 20.2 Å². The number of benzene rings is 2. The number of H-pyrrole nitrogens is 1. The van der Waals surface area contributed by atoms with Gasteiger partial charge < -0.3 is 19.5 Å². The summed E-state index contributed by atoms with van der Waals surface area (Å²) >= 11 is 0. The van der Waals surface area contributed by atoms with Gasteiger partial charge in [0.25, 0.3) is 18.0 Å². The molecule has 0 saturated heterocycles. The van der Waals surface area contributed by atoms with Crippen LogP contribution in [0.25, 0.3) is 11.3 Å². The number of hydrogen-bond acceptors (Lipinski definition) is 7. The quantitative estimate of drug-likeness (QED) is 0.431. The molecule has 160 valence electrons. The number of halogens is 2. The van der Waals surface area contributed by atoms with Crippen molar-refractivity contribution in [3.63, 3.8) is 0 Å². The molecule has 31 heavy (non-hydrogen) atoms. The normalized spacial score (nSPS) is 12.1. The monoisotopic (exact) mass is 432 g/mol. The molecular formula is C19H14F2N4O6. The summed E-state index contributed by atoms with van der Waals surface area (Å²) in [7, 11) is 0. The first kappa shape index (κ1) is 20.1. The molecule has 1 amide bonds. The fourth-order valence-electron chi connectivity index (χ4n) is 2.84. The van der Waals surface area contributed by atoms with E-state index in [-0.39, 0.29) is 23.9 Å². The van der Waals surface area contributed by atoms with Crippen LogP contribution in [0.1, 0.15) is 10.5 Å². The summed E-state index contributed by atoms with van der Waals surface area (Å²) in [5, 5.41) is 20.2. The SMILES string of the molecule is O=C(Nc1cc(OCC(F)F)cc([N+](=O)[O-])c1)c1cc(-c2ccc3c(c2)OCO3)n[nH]1. The molecule has 0 radical (unpaired) electrons. The molecule has 0 aliphatic carbocycles. The number of aromatic nitrogens is 2. The van der Waals surface area contributed by atoms with E-state index in [9.17, 15) is 23.7 Å². The lowest BCUT2D eigenvalue weighted by molar-refractivity contribution is -0.384. The Labute approximate surface area is 172 Å². The largest absolute Gasteiger partial charge is 0.487 e. The summed E-state index contributed by atoms with van der Waals surface area (Å²) in [5.41, 5.74) is 0.797. The molecule has 0 fully saturated rings. The van der Waals surface area contributed by atoms with Crippen molar-refractivity contribution in [1.29, 1.82) is 0 Å². The third kappa shape index (κ3) is 4.52. The van der Waals surface area contributed by atoms with Crippen molar-refractivity contribution in [2.75, 3.05) is 18.7 Å². The Balaban J connectivity index is 1.52. The summed E-state index contributed by atoms with van der Waals surface area (Å²) in [6, 6.07) is 9.96. The second-order valence-corrected chi connectivity index (χ2v) is 6.36. The van der Waals surface area contributed by atoms with E-state index < -0.39 is 29.6 Å². The average Bonchev–Trinajstić information content (AvgIpc) is 3.41. The van der Waals surface area contributed by atoms with Gasteiger partial charge in [0, 0.05) is 17.7 Å². The number of nitrogens with zero attached hydrogens (tertiary/aromatic N) is 2. The predicted octanol–water partition coefficient (Wildman–Crippen LogP) is 3.61. The zero-order valence-corrected chi connectivity index (χ0v) is 15.6. The molecule has 0 bridgehead atoms. The van der Waals surface area contributed by atoms with Gasteiger partial charge in [-0.2, -0.15) is 5.10 Å². The molecule has 10 nitrogen and oxygen atoms in total. The summed E-state index contributed by atoms with van der Waals surface area (Å²) in [5.74, 6) is 0.350. The number of alkyl halides is 2. The lowest BCUT2D eigenvalue weighted by Gasteiger charge is -2.09. The summed E-state index contributed by atoms with van der Waals surface area (Å²) in [6.07, 6.45) is -2.75. The number of fused-ring (bicyclic) bond motifs is 1. The molecule has 4 rings (SSSR count). The van der Waals surface area contributed by atoms with Gasteiger partial charge in [-0.3, -0.25) is 20.0 Å². The van der Waals surface area contributed by atoms with E-state index in [1.54, 1.807) is 18.2 Å². The Morgan fingerprint density at radius 1 is 1.23 bits per heavy atom. The van der Waals surface area contributed by atoms with Crippen LogP contribution in [0, 0.1) is 10.1 Å². The van der Waals surface area contributed by atoms with Gasteiger partial charge in [0.15, 0.2) is 11.5 Å². The zero-order valence-electron chi connectivity index (χ0n) is 15.6. The van der Waals surface area contributed by atoms with E-state index in [0.29, 0.717) is 22.8 Å². The van der Waals surface area contributed by atoms with Gasteiger partial charge in [0.05, 0.1) is 22.4 Å². The zero-order chi connectivity index (χ0) is 22.0. The number of anilines is 1. The van der Waals surface area contributed by atoms with Gasteiger partial charge in [-0.1, -0.05) is 0 Å². The molecule has 3 aromatic rings. The van der Waals surface area contributed by atoms with E-state index in [1.165, 1.54) is 12.1 Å². The number of amides is 1. The molecule has 1 aliphatic rings. The third-order valence-corrected chi connectivity index (χ3v) is 4.23. The van der Waals surface area contributed by atoms with Crippen LogP contribution in [-0.2, 0) is 0 Å². The molecule has 0 saturated carbocycles. The standard InChI is InChI=1S/C19H14F2N4O6/c20-18(21)8-29-13-5-11(4-12(6-13)25(27)28)22-19(26)15-7-14(23-24-15)10-1-2-16-17(3-10)31-9-30-16/h1-7,18H,8-9H2,(H,22,26)(H,23,24). The van der Waals surface area contributed by atoms with Crippen LogP contribution in [0.3, 0.4) is 0 Å².